The summed E-state index contributed by atoms with van der Waals surface area (Å²) in [6, 6.07) is 5.69. The predicted octanol–water partition coefficient (Wildman–Crippen LogP) is 3.89. The summed E-state index contributed by atoms with van der Waals surface area (Å²) in [6.45, 7) is 2.69. The van der Waals surface area contributed by atoms with Crippen LogP contribution in [0, 0.1) is 12.8 Å². The van der Waals surface area contributed by atoms with Crippen LogP contribution >= 0.6 is 0 Å². The van der Waals surface area contributed by atoms with E-state index in [1.807, 2.05) is 25.1 Å². The Labute approximate surface area is 126 Å². The van der Waals surface area contributed by atoms with E-state index in [4.69, 9.17) is 10.5 Å². The normalized spacial score (nSPS) is 24.9. The summed E-state index contributed by atoms with van der Waals surface area (Å²) in [6.07, 6.45) is 7.74. The average Bonchev–Trinajstić information content (AvgIpc) is 2.50. The molecule has 0 bridgehead atoms. The van der Waals surface area contributed by atoms with Gasteiger partial charge >= 0.3 is 0 Å². The fraction of sp³-hybridized carbons (Fsp3) is 0.611. The van der Waals surface area contributed by atoms with Gasteiger partial charge in [-0.3, -0.25) is 4.79 Å². The van der Waals surface area contributed by atoms with Gasteiger partial charge in [0.2, 0.25) is 0 Å². The molecule has 1 aromatic rings. The van der Waals surface area contributed by atoms with Crippen LogP contribution in [0.4, 0.5) is 5.69 Å². The summed E-state index contributed by atoms with van der Waals surface area (Å²) in [5.74, 6) is 0.342. The molecule has 3 rings (SSSR count). The third kappa shape index (κ3) is 2.98. The lowest BCUT2D eigenvalue weighted by atomic mass is 9.74. The molecule has 2 N–H and O–H groups in total. The number of ketones is 1. The number of rotatable bonds is 2. The second kappa shape index (κ2) is 5.80. The second-order valence-electron chi connectivity index (χ2n) is 6.72. The number of nitrogens with two attached hydrogens (primary N) is 1. The van der Waals surface area contributed by atoms with Crippen LogP contribution in [-0.2, 0) is 4.74 Å². The number of benzene rings is 1. The van der Waals surface area contributed by atoms with Crippen LogP contribution in [0.15, 0.2) is 18.2 Å². The lowest BCUT2D eigenvalue weighted by Crippen LogP contribution is -2.43. The zero-order valence-corrected chi connectivity index (χ0v) is 12.9. The van der Waals surface area contributed by atoms with E-state index < -0.39 is 0 Å². The van der Waals surface area contributed by atoms with E-state index in [0.29, 0.717) is 5.69 Å². The van der Waals surface area contributed by atoms with Crippen molar-refractivity contribution in [2.45, 2.75) is 57.5 Å². The number of aryl methyl sites for hydroxylation is 1. The minimum absolute atomic E-state index is 0.0208. The number of nitrogen functional groups attached to an aromatic ring is 1. The van der Waals surface area contributed by atoms with Crippen molar-refractivity contribution >= 4 is 11.5 Å². The highest BCUT2D eigenvalue weighted by atomic mass is 16.5. The maximum Gasteiger partial charge on any atom is 0.166 e. The molecule has 1 aliphatic heterocycles. The molecule has 1 unspecified atom stereocenters. The van der Waals surface area contributed by atoms with Gasteiger partial charge in [0.25, 0.3) is 0 Å². The van der Waals surface area contributed by atoms with Crippen molar-refractivity contribution in [1.82, 2.24) is 0 Å². The quantitative estimate of drug-likeness (QED) is 0.663. The smallest absolute Gasteiger partial charge is 0.166 e. The summed E-state index contributed by atoms with van der Waals surface area (Å²) in [7, 11) is 0. The monoisotopic (exact) mass is 287 g/mol. The van der Waals surface area contributed by atoms with Gasteiger partial charge in [-0.15, -0.1) is 0 Å². The zero-order valence-electron chi connectivity index (χ0n) is 12.9. The van der Waals surface area contributed by atoms with Crippen molar-refractivity contribution in [2.75, 3.05) is 12.3 Å². The molecule has 21 heavy (non-hydrogen) atoms. The fourth-order valence-corrected chi connectivity index (χ4v) is 3.83. The molecular weight excluding hydrogens is 262 g/mol. The molecule has 114 valence electrons. The molecule has 1 saturated carbocycles. The van der Waals surface area contributed by atoms with E-state index in [2.05, 4.69) is 0 Å². The highest BCUT2D eigenvalue weighted by Gasteiger charge is 2.40. The Bertz CT molecular complexity index is 527. The fourth-order valence-electron chi connectivity index (χ4n) is 3.83. The average molecular weight is 287 g/mol. The number of carbonyl (C=O) groups is 1. The van der Waals surface area contributed by atoms with Crippen molar-refractivity contribution in [1.29, 1.82) is 0 Å². The first-order valence-corrected chi connectivity index (χ1v) is 8.14. The Balaban J connectivity index is 1.76. The number of ether oxygens (including phenoxy) is 1. The first kappa shape index (κ1) is 14.6. The van der Waals surface area contributed by atoms with Gasteiger partial charge in [-0.25, -0.2) is 0 Å². The molecule has 3 nitrogen and oxygen atoms in total. The van der Waals surface area contributed by atoms with Crippen LogP contribution in [0.3, 0.4) is 0 Å². The van der Waals surface area contributed by atoms with Gasteiger partial charge in [-0.1, -0.05) is 31.4 Å². The van der Waals surface area contributed by atoms with Crippen molar-refractivity contribution in [3.8, 4) is 0 Å². The van der Waals surface area contributed by atoms with Crippen LogP contribution in [0.1, 0.15) is 60.9 Å². The second-order valence-corrected chi connectivity index (χ2v) is 6.72. The number of hydrogen-bond donors (Lipinski definition) is 1. The summed E-state index contributed by atoms with van der Waals surface area (Å²) < 4.78 is 6.09. The molecule has 1 atom stereocenters. The zero-order chi connectivity index (χ0) is 14.9. The minimum atomic E-state index is -0.0208. The van der Waals surface area contributed by atoms with E-state index in [1.54, 1.807) is 0 Å². The Kier molecular flexibility index (Phi) is 4.03. The van der Waals surface area contributed by atoms with Gasteiger partial charge in [0.15, 0.2) is 5.78 Å². The highest BCUT2D eigenvalue weighted by Crippen LogP contribution is 2.41. The van der Waals surface area contributed by atoms with E-state index in [0.717, 1.165) is 43.4 Å². The lowest BCUT2D eigenvalue weighted by molar-refractivity contribution is -0.111. The van der Waals surface area contributed by atoms with Crippen molar-refractivity contribution < 1.29 is 9.53 Å². The molecule has 1 aliphatic carbocycles. The standard InChI is InChI=1S/C18H25NO2/c1-13-5-6-14(11-16(13)19)17(20)15-7-10-21-18(12-15)8-3-2-4-9-18/h5-6,11,15H,2-4,7-10,12,19H2,1H3. The number of Topliss-reactive ketones (excluding diaryl/α,β-unsaturated/α-hetero) is 1. The maximum atomic E-state index is 12.8. The summed E-state index contributed by atoms with van der Waals surface area (Å²) >= 11 is 0. The molecule has 3 heteroatoms. The SMILES string of the molecule is Cc1ccc(C(=O)C2CCOC3(CCCCC3)C2)cc1N. The van der Waals surface area contributed by atoms with Crippen LogP contribution in [0.2, 0.25) is 0 Å². The Morgan fingerprint density at radius 1 is 1.29 bits per heavy atom. The molecule has 1 aromatic carbocycles. The third-order valence-corrected chi connectivity index (χ3v) is 5.19. The molecule has 0 aromatic heterocycles. The summed E-state index contributed by atoms with van der Waals surface area (Å²) in [4.78, 5) is 12.8. The lowest BCUT2D eigenvalue weighted by Gasteiger charge is -2.43. The number of anilines is 1. The third-order valence-electron chi connectivity index (χ3n) is 5.19. The number of carbonyl (C=O) groups excluding carboxylic acids is 1. The summed E-state index contributed by atoms with van der Waals surface area (Å²) in [5.41, 5.74) is 8.43. The van der Waals surface area contributed by atoms with E-state index >= 15 is 0 Å². The first-order valence-electron chi connectivity index (χ1n) is 8.14. The first-order chi connectivity index (χ1) is 10.1. The number of hydrogen-bond acceptors (Lipinski definition) is 3. The van der Waals surface area contributed by atoms with Gasteiger partial charge in [-0.2, -0.15) is 0 Å². The van der Waals surface area contributed by atoms with Crippen LogP contribution in [0.5, 0.6) is 0 Å². The molecule has 0 radical (unpaired) electrons. The highest BCUT2D eigenvalue weighted by molar-refractivity contribution is 5.98. The van der Waals surface area contributed by atoms with Crippen molar-refractivity contribution in [3.05, 3.63) is 29.3 Å². The van der Waals surface area contributed by atoms with Gasteiger partial charge < -0.3 is 10.5 Å². The Hall–Kier alpha value is -1.35. The van der Waals surface area contributed by atoms with E-state index in [9.17, 15) is 4.79 Å². The van der Waals surface area contributed by atoms with Gasteiger partial charge in [0, 0.05) is 23.8 Å². The molecular formula is C18H25NO2. The van der Waals surface area contributed by atoms with E-state index in [-0.39, 0.29) is 17.3 Å². The predicted molar refractivity (Wildman–Crippen MR) is 84.4 cm³/mol. The minimum Gasteiger partial charge on any atom is -0.398 e. The van der Waals surface area contributed by atoms with Crippen LogP contribution < -0.4 is 5.73 Å². The molecule has 2 aliphatic rings. The van der Waals surface area contributed by atoms with Crippen LogP contribution in [-0.4, -0.2) is 18.0 Å². The molecule has 1 saturated heterocycles. The topological polar surface area (TPSA) is 52.3 Å². The maximum absolute atomic E-state index is 12.8. The van der Waals surface area contributed by atoms with Crippen LogP contribution in [0.25, 0.3) is 0 Å². The summed E-state index contributed by atoms with van der Waals surface area (Å²) in [5, 5.41) is 0. The van der Waals surface area contributed by atoms with E-state index in [1.165, 1.54) is 19.3 Å². The van der Waals surface area contributed by atoms with Crippen molar-refractivity contribution in [3.63, 3.8) is 0 Å². The molecule has 1 heterocycles. The van der Waals surface area contributed by atoms with Gasteiger partial charge in [0.1, 0.15) is 0 Å². The van der Waals surface area contributed by atoms with Gasteiger partial charge in [0.05, 0.1) is 5.60 Å². The molecule has 1 spiro atoms. The molecule has 2 fully saturated rings. The largest absolute Gasteiger partial charge is 0.398 e. The molecule has 0 amide bonds. The Morgan fingerprint density at radius 3 is 2.76 bits per heavy atom. The Morgan fingerprint density at radius 2 is 2.05 bits per heavy atom. The van der Waals surface area contributed by atoms with Gasteiger partial charge in [-0.05, 0) is 44.2 Å². The van der Waals surface area contributed by atoms with Crippen molar-refractivity contribution in [2.24, 2.45) is 5.92 Å².